The van der Waals surface area contributed by atoms with Crippen LogP contribution in [0.4, 0.5) is 4.79 Å². The lowest BCUT2D eigenvalue weighted by Gasteiger charge is -2.31. The number of alkyl carbamates (subject to hydrolysis) is 1. The van der Waals surface area contributed by atoms with Gasteiger partial charge in [0.15, 0.2) is 0 Å². The van der Waals surface area contributed by atoms with Gasteiger partial charge in [0.1, 0.15) is 12.6 Å². The Hall–Kier alpha value is -3.00. The molecule has 2 aliphatic carbocycles. The topological polar surface area (TPSA) is 95.9 Å². The average molecular weight is 495 g/mol. The van der Waals surface area contributed by atoms with Crippen LogP contribution in [-0.4, -0.2) is 57.8 Å². The van der Waals surface area contributed by atoms with E-state index in [2.05, 4.69) is 29.6 Å². The maximum absolute atomic E-state index is 13.4. The fraction of sp³-hybridized carbons (Fsp3) is 0.444. The molecule has 0 bridgehead atoms. The first-order valence-electron chi connectivity index (χ1n) is 12.3. The second-order valence-corrected chi connectivity index (χ2v) is 10.6. The monoisotopic (exact) mass is 494 g/mol. The minimum absolute atomic E-state index is 0.0302. The second-order valence-electron chi connectivity index (χ2n) is 9.41. The Morgan fingerprint density at radius 1 is 1.06 bits per heavy atom. The molecule has 1 aliphatic heterocycles. The maximum atomic E-state index is 13.4. The third-order valence-electron chi connectivity index (χ3n) is 7.46. The fourth-order valence-electron chi connectivity index (χ4n) is 5.78. The number of amides is 2. The van der Waals surface area contributed by atoms with Crippen LogP contribution in [-0.2, 0) is 14.3 Å². The van der Waals surface area contributed by atoms with Gasteiger partial charge in [-0.1, -0.05) is 61.9 Å². The first-order chi connectivity index (χ1) is 17.0. The van der Waals surface area contributed by atoms with Crippen LogP contribution in [0.2, 0.25) is 0 Å². The van der Waals surface area contributed by atoms with Crippen molar-refractivity contribution in [2.24, 2.45) is 5.92 Å². The Balaban J connectivity index is 1.24. The SMILES string of the molecule is CCC1SCC(C(=O)O)N1C(=O)[C@H]1CCC[C@H]1NC(=O)OCC1c2ccccc2-c2ccccc21. The van der Waals surface area contributed by atoms with Crippen molar-refractivity contribution in [3.05, 3.63) is 59.7 Å². The van der Waals surface area contributed by atoms with Crippen LogP contribution in [0, 0.1) is 5.92 Å². The second kappa shape index (κ2) is 9.93. The van der Waals surface area contributed by atoms with Crippen molar-refractivity contribution in [1.82, 2.24) is 10.2 Å². The van der Waals surface area contributed by atoms with Gasteiger partial charge in [-0.2, -0.15) is 0 Å². The summed E-state index contributed by atoms with van der Waals surface area (Å²) in [7, 11) is 0. The van der Waals surface area contributed by atoms with Crippen molar-refractivity contribution in [2.45, 2.75) is 56.0 Å². The van der Waals surface area contributed by atoms with Crippen molar-refractivity contribution in [2.75, 3.05) is 12.4 Å². The average Bonchev–Trinajstić information content (AvgIpc) is 3.58. The molecule has 2 fully saturated rings. The number of hydrogen-bond acceptors (Lipinski definition) is 5. The number of nitrogens with one attached hydrogen (secondary N) is 1. The molecule has 8 heteroatoms. The van der Waals surface area contributed by atoms with Crippen LogP contribution in [0.15, 0.2) is 48.5 Å². The van der Waals surface area contributed by atoms with E-state index in [1.807, 2.05) is 31.2 Å². The molecule has 35 heavy (non-hydrogen) atoms. The molecule has 0 radical (unpaired) electrons. The highest BCUT2D eigenvalue weighted by atomic mass is 32.2. The van der Waals surface area contributed by atoms with Crippen molar-refractivity contribution < 1.29 is 24.2 Å². The quantitative estimate of drug-likeness (QED) is 0.616. The summed E-state index contributed by atoms with van der Waals surface area (Å²) in [6, 6.07) is 15.2. The summed E-state index contributed by atoms with van der Waals surface area (Å²) in [6.07, 6.45) is 2.28. The van der Waals surface area contributed by atoms with E-state index < -0.39 is 24.0 Å². The lowest BCUT2D eigenvalue weighted by molar-refractivity contribution is -0.151. The van der Waals surface area contributed by atoms with Crippen molar-refractivity contribution in [3.63, 3.8) is 0 Å². The van der Waals surface area contributed by atoms with Crippen LogP contribution < -0.4 is 5.32 Å². The highest BCUT2D eigenvalue weighted by molar-refractivity contribution is 8.00. The molecule has 5 rings (SSSR count). The van der Waals surface area contributed by atoms with Crippen LogP contribution in [0.1, 0.15) is 49.7 Å². The summed E-state index contributed by atoms with van der Waals surface area (Å²) < 4.78 is 5.68. The molecule has 2 amide bonds. The first-order valence-corrected chi connectivity index (χ1v) is 13.3. The predicted octanol–water partition coefficient (Wildman–Crippen LogP) is 4.46. The van der Waals surface area contributed by atoms with Crippen LogP contribution in [0.5, 0.6) is 0 Å². The number of ether oxygens (including phenoxy) is 1. The van der Waals surface area contributed by atoms with Gasteiger partial charge < -0.3 is 20.1 Å². The first kappa shape index (κ1) is 23.7. The Bertz CT molecular complexity index is 1090. The molecule has 2 unspecified atom stereocenters. The molecular weight excluding hydrogens is 464 g/mol. The van der Waals surface area contributed by atoms with E-state index in [0.717, 1.165) is 17.5 Å². The largest absolute Gasteiger partial charge is 0.480 e. The van der Waals surface area contributed by atoms with E-state index in [9.17, 15) is 19.5 Å². The zero-order valence-electron chi connectivity index (χ0n) is 19.7. The molecule has 2 aromatic carbocycles. The zero-order valence-corrected chi connectivity index (χ0v) is 20.5. The molecule has 2 N–H and O–H groups in total. The van der Waals surface area contributed by atoms with E-state index >= 15 is 0 Å². The third-order valence-corrected chi connectivity index (χ3v) is 8.91. The van der Waals surface area contributed by atoms with Gasteiger partial charge in [-0.3, -0.25) is 4.79 Å². The minimum atomic E-state index is -0.971. The Kier molecular flexibility index (Phi) is 6.73. The molecule has 3 aliphatic rings. The number of hydrogen-bond donors (Lipinski definition) is 2. The summed E-state index contributed by atoms with van der Waals surface area (Å²) in [5.74, 6) is -1.20. The molecule has 1 heterocycles. The van der Waals surface area contributed by atoms with Gasteiger partial charge in [0.2, 0.25) is 5.91 Å². The van der Waals surface area contributed by atoms with Crippen molar-refractivity contribution >= 4 is 29.7 Å². The van der Waals surface area contributed by atoms with Crippen molar-refractivity contribution in [1.29, 1.82) is 0 Å². The number of carboxylic acid groups (broad SMARTS) is 1. The minimum Gasteiger partial charge on any atom is -0.480 e. The highest BCUT2D eigenvalue weighted by Crippen LogP contribution is 2.44. The fourth-order valence-corrected chi connectivity index (χ4v) is 7.13. The van der Waals surface area contributed by atoms with E-state index in [0.29, 0.717) is 25.0 Å². The summed E-state index contributed by atoms with van der Waals surface area (Å²) in [5, 5.41) is 12.4. The molecule has 4 atom stereocenters. The maximum Gasteiger partial charge on any atom is 0.407 e. The number of carbonyl (C=O) groups excluding carboxylic acids is 2. The van der Waals surface area contributed by atoms with Crippen molar-refractivity contribution in [3.8, 4) is 11.1 Å². The molecule has 7 nitrogen and oxygen atoms in total. The molecule has 2 aromatic rings. The van der Waals surface area contributed by atoms with Gasteiger partial charge in [0.05, 0.1) is 11.3 Å². The van der Waals surface area contributed by atoms with E-state index in [-0.39, 0.29) is 29.8 Å². The number of thioether (sulfide) groups is 1. The number of aliphatic carboxylic acids is 1. The molecular formula is C27H30N2O5S. The number of fused-ring (bicyclic) bond motifs is 3. The van der Waals surface area contributed by atoms with E-state index in [1.165, 1.54) is 27.8 Å². The molecule has 1 saturated carbocycles. The number of rotatable bonds is 6. The third kappa shape index (κ3) is 4.40. The highest BCUT2D eigenvalue weighted by Gasteiger charge is 2.46. The van der Waals surface area contributed by atoms with E-state index in [4.69, 9.17) is 4.74 Å². The zero-order chi connectivity index (χ0) is 24.5. The van der Waals surface area contributed by atoms with Gasteiger partial charge >= 0.3 is 12.1 Å². The Morgan fingerprint density at radius 2 is 1.71 bits per heavy atom. The number of benzene rings is 2. The van der Waals surface area contributed by atoms with Crippen LogP contribution >= 0.6 is 11.8 Å². The van der Waals surface area contributed by atoms with Gasteiger partial charge in [-0.15, -0.1) is 11.8 Å². The Morgan fingerprint density at radius 3 is 2.34 bits per heavy atom. The number of carbonyl (C=O) groups is 3. The predicted molar refractivity (Wildman–Crippen MR) is 134 cm³/mol. The summed E-state index contributed by atoms with van der Waals surface area (Å²) in [4.78, 5) is 39.5. The lowest BCUT2D eigenvalue weighted by Crippen LogP contribution is -2.51. The molecule has 1 saturated heterocycles. The summed E-state index contributed by atoms with van der Waals surface area (Å²) in [5.41, 5.74) is 4.63. The van der Waals surface area contributed by atoms with Crippen LogP contribution in [0.3, 0.4) is 0 Å². The normalized spacial score (nSPS) is 25.2. The summed E-state index contributed by atoms with van der Waals surface area (Å²) in [6.45, 7) is 2.18. The number of nitrogens with zero attached hydrogens (tertiary/aromatic N) is 1. The van der Waals surface area contributed by atoms with Gasteiger partial charge in [0, 0.05) is 17.7 Å². The van der Waals surface area contributed by atoms with Gasteiger partial charge in [0.25, 0.3) is 0 Å². The standard InChI is InChI=1S/C27H30N2O5S/c1-2-24-29(23(15-35-24)26(31)32)25(30)20-12-7-13-22(20)28-27(33)34-14-21-18-10-5-3-8-16(18)17-9-4-6-11-19(17)21/h3-6,8-11,20-24H,2,7,12-15H2,1H3,(H,28,33)(H,31,32)/t20-,22+,23?,24?/m0/s1. The van der Waals surface area contributed by atoms with Crippen LogP contribution in [0.25, 0.3) is 11.1 Å². The summed E-state index contributed by atoms with van der Waals surface area (Å²) >= 11 is 1.51. The van der Waals surface area contributed by atoms with E-state index in [1.54, 1.807) is 0 Å². The van der Waals surface area contributed by atoms with Gasteiger partial charge in [-0.25, -0.2) is 9.59 Å². The van der Waals surface area contributed by atoms with Gasteiger partial charge in [-0.05, 0) is 41.5 Å². The molecule has 0 aromatic heterocycles. The Labute approximate surface area is 209 Å². The lowest BCUT2D eigenvalue weighted by atomic mass is 9.98. The number of carboxylic acids is 1. The molecule has 184 valence electrons. The smallest absolute Gasteiger partial charge is 0.407 e. The molecule has 0 spiro atoms.